The Morgan fingerprint density at radius 3 is 1.81 bits per heavy atom. The maximum absolute atomic E-state index is 12.3. The highest BCUT2D eigenvalue weighted by Gasteiger charge is 2.15. The average molecular weight is 368 g/mol. The molecule has 0 aliphatic carbocycles. The Labute approximate surface area is 154 Å². The average Bonchev–Trinajstić information content (AvgIpc) is 2.69. The van der Waals surface area contributed by atoms with Crippen molar-refractivity contribution in [2.45, 2.75) is 24.7 Å². The summed E-state index contributed by atoms with van der Waals surface area (Å²) in [5.41, 5.74) is 2.79. The third kappa shape index (κ3) is 5.02. The lowest BCUT2D eigenvalue weighted by molar-refractivity contribution is 0.106. The van der Waals surface area contributed by atoms with Gasteiger partial charge in [0.25, 0.3) is 10.1 Å². The fourth-order valence-electron chi connectivity index (χ4n) is 2.49. The van der Waals surface area contributed by atoms with Crippen LogP contribution in [0.1, 0.15) is 16.7 Å². The topological polar surface area (TPSA) is 52.6 Å². The van der Waals surface area contributed by atoms with Crippen LogP contribution in [0, 0.1) is 0 Å². The predicted molar refractivity (Wildman–Crippen MR) is 99.8 cm³/mol. The first kappa shape index (κ1) is 18.3. The van der Waals surface area contributed by atoms with Crippen molar-refractivity contribution in [1.29, 1.82) is 0 Å². The predicted octanol–water partition coefficient (Wildman–Crippen LogP) is 4.31. The van der Waals surface area contributed by atoms with Crippen LogP contribution in [0.3, 0.4) is 0 Å². The Morgan fingerprint density at radius 2 is 1.15 bits per heavy atom. The van der Waals surface area contributed by atoms with Gasteiger partial charge in [-0.25, -0.2) is 0 Å². The fraction of sp³-hybridized carbons (Fsp3) is 0.143. The minimum atomic E-state index is -3.78. The lowest BCUT2D eigenvalue weighted by Crippen LogP contribution is -2.08. The first-order chi connectivity index (χ1) is 12.6. The molecule has 0 heterocycles. The summed E-state index contributed by atoms with van der Waals surface area (Å²) in [5, 5.41) is 0. The number of ether oxygens (including phenoxy) is 1. The fourth-order valence-corrected chi connectivity index (χ4v) is 3.40. The van der Waals surface area contributed by atoms with E-state index in [9.17, 15) is 8.42 Å². The molecule has 0 saturated heterocycles. The van der Waals surface area contributed by atoms with Crippen LogP contribution in [0.5, 0.6) is 0 Å². The molecule has 3 aromatic carbocycles. The molecule has 0 unspecified atom stereocenters. The maximum Gasteiger partial charge on any atom is 0.297 e. The summed E-state index contributed by atoms with van der Waals surface area (Å²) in [6.07, 6.45) is 0. The van der Waals surface area contributed by atoms with Gasteiger partial charge in [0.1, 0.15) is 0 Å². The molecule has 0 atom stereocenters. The highest BCUT2D eigenvalue weighted by Crippen LogP contribution is 2.17. The van der Waals surface area contributed by atoms with Gasteiger partial charge >= 0.3 is 0 Å². The van der Waals surface area contributed by atoms with Crippen molar-refractivity contribution in [2.75, 3.05) is 0 Å². The Kier molecular flexibility index (Phi) is 6.17. The van der Waals surface area contributed by atoms with E-state index in [1.165, 1.54) is 12.1 Å². The first-order valence-corrected chi connectivity index (χ1v) is 9.69. The van der Waals surface area contributed by atoms with Crippen LogP contribution in [0.4, 0.5) is 0 Å². The molecule has 0 aliphatic rings. The van der Waals surface area contributed by atoms with Crippen LogP contribution in [-0.4, -0.2) is 8.42 Å². The molecule has 4 nitrogen and oxygen atoms in total. The summed E-state index contributed by atoms with van der Waals surface area (Å²) >= 11 is 0. The van der Waals surface area contributed by atoms with Crippen LogP contribution in [0.2, 0.25) is 0 Å². The molecule has 0 spiro atoms. The number of hydrogen-bond acceptors (Lipinski definition) is 4. The Bertz CT molecular complexity index is 922. The van der Waals surface area contributed by atoms with Crippen molar-refractivity contribution in [3.63, 3.8) is 0 Å². The van der Waals surface area contributed by atoms with E-state index >= 15 is 0 Å². The minimum absolute atomic E-state index is 0.0257. The highest BCUT2D eigenvalue weighted by molar-refractivity contribution is 7.86. The van der Waals surface area contributed by atoms with Crippen molar-refractivity contribution in [2.24, 2.45) is 0 Å². The molecular weight excluding hydrogens is 348 g/mol. The largest absolute Gasteiger partial charge is 0.372 e. The van der Waals surface area contributed by atoms with Gasteiger partial charge in [0, 0.05) is 0 Å². The second-order valence-corrected chi connectivity index (χ2v) is 7.39. The molecule has 0 aliphatic heterocycles. The highest BCUT2D eigenvalue weighted by atomic mass is 32.2. The second-order valence-electron chi connectivity index (χ2n) is 5.78. The summed E-state index contributed by atoms with van der Waals surface area (Å²) in [6, 6.07) is 25.6. The van der Waals surface area contributed by atoms with E-state index in [1.54, 1.807) is 18.2 Å². The molecule has 0 amide bonds. The number of benzene rings is 3. The van der Waals surface area contributed by atoms with Gasteiger partial charge in [0.05, 0.1) is 24.7 Å². The molecular formula is C21H20O4S. The van der Waals surface area contributed by atoms with Crippen molar-refractivity contribution < 1.29 is 17.3 Å². The molecule has 0 bridgehead atoms. The summed E-state index contributed by atoms with van der Waals surface area (Å²) in [7, 11) is -3.78. The summed E-state index contributed by atoms with van der Waals surface area (Å²) < 4.78 is 35.5. The minimum Gasteiger partial charge on any atom is -0.372 e. The molecule has 0 N–H and O–H groups in total. The molecule has 3 rings (SSSR count). The molecule has 134 valence electrons. The van der Waals surface area contributed by atoms with Gasteiger partial charge in [-0.3, -0.25) is 4.18 Å². The molecule has 26 heavy (non-hydrogen) atoms. The van der Waals surface area contributed by atoms with Crippen LogP contribution in [-0.2, 0) is 38.9 Å². The molecule has 3 aromatic rings. The van der Waals surface area contributed by atoms with Crippen molar-refractivity contribution in [1.82, 2.24) is 0 Å². The molecule has 0 aromatic heterocycles. The van der Waals surface area contributed by atoms with Gasteiger partial charge in [0.15, 0.2) is 0 Å². The maximum atomic E-state index is 12.3. The lowest BCUT2D eigenvalue weighted by atomic mass is 10.1. The third-order valence-electron chi connectivity index (χ3n) is 3.89. The van der Waals surface area contributed by atoms with Crippen LogP contribution in [0.15, 0.2) is 89.8 Å². The normalized spacial score (nSPS) is 11.4. The Balaban J connectivity index is 1.62. The number of hydrogen-bond donors (Lipinski definition) is 0. The van der Waals surface area contributed by atoms with Crippen molar-refractivity contribution in [3.05, 3.63) is 102 Å². The lowest BCUT2D eigenvalue weighted by Gasteiger charge is -2.11. The zero-order chi connectivity index (χ0) is 18.2. The SMILES string of the molecule is O=S(=O)(OCc1ccccc1COCc1ccccc1)c1ccccc1. The molecule has 5 heteroatoms. The quantitative estimate of drug-likeness (QED) is 0.556. The zero-order valence-corrected chi connectivity index (χ0v) is 15.1. The summed E-state index contributed by atoms with van der Waals surface area (Å²) in [5.74, 6) is 0. The van der Waals surface area contributed by atoms with E-state index in [0.717, 1.165) is 16.7 Å². The van der Waals surface area contributed by atoms with E-state index in [1.807, 2.05) is 54.6 Å². The zero-order valence-electron chi connectivity index (χ0n) is 14.2. The van der Waals surface area contributed by atoms with Crippen LogP contribution >= 0.6 is 0 Å². The smallest absolute Gasteiger partial charge is 0.297 e. The van der Waals surface area contributed by atoms with Gasteiger partial charge in [0.2, 0.25) is 0 Å². The Morgan fingerprint density at radius 1 is 0.615 bits per heavy atom. The van der Waals surface area contributed by atoms with Crippen molar-refractivity contribution >= 4 is 10.1 Å². The van der Waals surface area contributed by atoms with E-state index in [0.29, 0.717) is 13.2 Å². The monoisotopic (exact) mass is 368 g/mol. The van der Waals surface area contributed by atoms with Crippen LogP contribution < -0.4 is 0 Å². The molecule has 0 fully saturated rings. The van der Waals surface area contributed by atoms with E-state index in [-0.39, 0.29) is 11.5 Å². The van der Waals surface area contributed by atoms with Gasteiger partial charge < -0.3 is 4.74 Å². The van der Waals surface area contributed by atoms with Crippen molar-refractivity contribution in [3.8, 4) is 0 Å². The summed E-state index contributed by atoms with van der Waals surface area (Å²) in [6.45, 7) is 0.861. The third-order valence-corrected chi connectivity index (χ3v) is 5.17. The molecule has 0 radical (unpaired) electrons. The first-order valence-electron chi connectivity index (χ1n) is 8.28. The summed E-state index contributed by atoms with van der Waals surface area (Å²) in [4.78, 5) is 0.151. The van der Waals surface area contributed by atoms with Gasteiger partial charge in [-0.1, -0.05) is 72.8 Å². The Hall–Kier alpha value is -2.47. The molecule has 0 saturated carbocycles. The van der Waals surface area contributed by atoms with E-state index in [2.05, 4.69) is 0 Å². The van der Waals surface area contributed by atoms with Gasteiger partial charge in [-0.05, 0) is 28.8 Å². The second kappa shape index (κ2) is 8.76. The number of rotatable bonds is 8. The standard InChI is InChI=1S/C21H20O4S/c22-26(23,21-13-5-2-6-14-21)25-17-20-12-8-7-11-19(20)16-24-15-18-9-3-1-4-10-18/h1-14H,15-17H2. The van der Waals surface area contributed by atoms with Crippen LogP contribution in [0.25, 0.3) is 0 Å². The van der Waals surface area contributed by atoms with Gasteiger partial charge in [-0.15, -0.1) is 0 Å². The van der Waals surface area contributed by atoms with E-state index < -0.39 is 10.1 Å². The van der Waals surface area contributed by atoms with Gasteiger partial charge in [-0.2, -0.15) is 8.42 Å². The van der Waals surface area contributed by atoms with E-state index in [4.69, 9.17) is 8.92 Å².